The van der Waals surface area contributed by atoms with E-state index in [1.165, 1.54) is 23.0 Å². The third-order valence-corrected chi connectivity index (χ3v) is 3.97. The van der Waals surface area contributed by atoms with Gasteiger partial charge in [0, 0.05) is 13.2 Å². The summed E-state index contributed by atoms with van der Waals surface area (Å²) in [4.78, 5) is 12.0. The molecule has 0 radical (unpaired) electrons. The van der Waals surface area contributed by atoms with Crippen molar-refractivity contribution in [1.82, 2.24) is 20.3 Å². The summed E-state index contributed by atoms with van der Waals surface area (Å²) in [5.41, 5.74) is 0.264. The van der Waals surface area contributed by atoms with Crippen LogP contribution in [0.2, 0.25) is 5.02 Å². The Morgan fingerprint density at radius 3 is 3.17 bits per heavy atom. The number of carbonyl (C=O) groups excluding carboxylic acids is 1. The lowest BCUT2D eigenvalue weighted by molar-refractivity contribution is 0.0903. The summed E-state index contributed by atoms with van der Waals surface area (Å²) < 4.78 is 20.6. The molecule has 1 aromatic heterocycles. The fourth-order valence-electron chi connectivity index (χ4n) is 2.46. The highest BCUT2D eigenvalue weighted by Gasteiger charge is 2.17. The Kier molecular flexibility index (Phi) is 4.88. The van der Waals surface area contributed by atoms with Crippen molar-refractivity contribution in [2.75, 3.05) is 13.2 Å². The van der Waals surface area contributed by atoms with Gasteiger partial charge in [0.1, 0.15) is 5.69 Å². The third kappa shape index (κ3) is 3.68. The quantitative estimate of drug-likeness (QED) is 0.908. The summed E-state index contributed by atoms with van der Waals surface area (Å²) in [6.07, 6.45) is 4.45. The van der Waals surface area contributed by atoms with Crippen molar-refractivity contribution < 1.29 is 13.9 Å². The smallest absolute Gasteiger partial charge is 0.273 e. The Bertz CT molecular complexity index is 701. The van der Waals surface area contributed by atoms with Gasteiger partial charge in [-0.15, -0.1) is 5.10 Å². The molecule has 1 saturated heterocycles. The predicted molar refractivity (Wildman–Crippen MR) is 82.3 cm³/mol. The summed E-state index contributed by atoms with van der Waals surface area (Å²) in [7, 11) is 0. The number of hydrogen-bond donors (Lipinski definition) is 1. The molecule has 1 aliphatic rings. The van der Waals surface area contributed by atoms with E-state index >= 15 is 0 Å². The van der Waals surface area contributed by atoms with Crippen LogP contribution in [0.3, 0.4) is 0 Å². The standard InChI is InChI=1S/C15H16ClFN4O2/c16-11-4-1-5-13(14(11)17)21-9-12(19-20-21)15(22)18-7-6-10-3-2-8-23-10/h1,4-5,9-10H,2-3,6-8H2,(H,18,22)/t10-/m0/s1. The normalized spacial score (nSPS) is 17.4. The van der Waals surface area contributed by atoms with E-state index in [2.05, 4.69) is 15.6 Å². The first-order valence-electron chi connectivity index (χ1n) is 7.41. The number of nitrogens with zero attached hydrogens (tertiary/aromatic N) is 3. The zero-order valence-electron chi connectivity index (χ0n) is 12.3. The Morgan fingerprint density at radius 1 is 1.52 bits per heavy atom. The predicted octanol–water partition coefficient (Wildman–Crippen LogP) is 2.36. The highest BCUT2D eigenvalue weighted by molar-refractivity contribution is 6.30. The molecule has 1 fully saturated rings. The van der Waals surface area contributed by atoms with E-state index in [1.807, 2.05) is 0 Å². The lowest BCUT2D eigenvalue weighted by Crippen LogP contribution is -2.27. The number of benzene rings is 1. The first kappa shape index (κ1) is 15.9. The molecule has 1 aliphatic heterocycles. The molecule has 0 spiro atoms. The molecular weight excluding hydrogens is 323 g/mol. The van der Waals surface area contributed by atoms with Crippen molar-refractivity contribution in [3.63, 3.8) is 0 Å². The first-order chi connectivity index (χ1) is 11.1. The number of hydrogen-bond acceptors (Lipinski definition) is 4. The number of ether oxygens (including phenoxy) is 1. The molecule has 3 rings (SSSR count). The monoisotopic (exact) mass is 338 g/mol. The largest absolute Gasteiger partial charge is 0.378 e. The van der Waals surface area contributed by atoms with Crippen LogP contribution in [0.25, 0.3) is 5.69 Å². The second-order valence-electron chi connectivity index (χ2n) is 5.30. The van der Waals surface area contributed by atoms with Crippen LogP contribution < -0.4 is 5.32 Å². The average Bonchev–Trinajstić information content (AvgIpc) is 3.21. The summed E-state index contributed by atoms with van der Waals surface area (Å²) in [6, 6.07) is 4.55. The summed E-state index contributed by atoms with van der Waals surface area (Å²) in [6.45, 7) is 1.29. The van der Waals surface area contributed by atoms with E-state index in [4.69, 9.17) is 16.3 Å². The van der Waals surface area contributed by atoms with Gasteiger partial charge in [0.2, 0.25) is 0 Å². The number of nitrogens with one attached hydrogen (secondary N) is 1. The van der Waals surface area contributed by atoms with E-state index in [0.717, 1.165) is 25.9 Å². The van der Waals surface area contributed by atoms with Gasteiger partial charge in [-0.3, -0.25) is 4.79 Å². The molecule has 8 heteroatoms. The van der Waals surface area contributed by atoms with Crippen molar-refractivity contribution in [2.24, 2.45) is 0 Å². The zero-order chi connectivity index (χ0) is 16.2. The topological polar surface area (TPSA) is 69.0 Å². The van der Waals surface area contributed by atoms with Crippen molar-refractivity contribution >= 4 is 17.5 Å². The average molecular weight is 339 g/mol. The van der Waals surface area contributed by atoms with Gasteiger partial charge in [-0.2, -0.15) is 0 Å². The molecule has 1 N–H and O–H groups in total. The second kappa shape index (κ2) is 7.06. The van der Waals surface area contributed by atoms with Crippen LogP contribution in [-0.4, -0.2) is 40.2 Å². The number of aromatic nitrogens is 3. The van der Waals surface area contributed by atoms with Crippen LogP contribution in [0.1, 0.15) is 29.8 Å². The number of carbonyl (C=O) groups is 1. The van der Waals surface area contributed by atoms with Crippen molar-refractivity contribution in [3.8, 4) is 5.69 Å². The minimum atomic E-state index is -0.607. The lowest BCUT2D eigenvalue weighted by atomic mass is 10.2. The van der Waals surface area contributed by atoms with Crippen LogP contribution in [0, 0.1) is 5.82 Å². The SMILES string of the molecule is O=C(NCC[C@@H]1CCCO1)c1cn(-c2cccc(Cl)c2F)nn1. The minimum Gasteiger partial charge on any atom is -0.378 e. The lowest BCUT2D eigenvalue weighted by Gasteiger charge is -2.08. The number of rotatable bonds is 5. The van der Waals surface area contributed by atoms with Crippen molar-refractivity contribution in [1.29, 1.82) is 0 Å². The Labute approximate surface area is 137 Å². The summed E-state index contributed by atoms with van der Waals surface area (Å²) in [5, 5.41) is 10.3. The van der Waals surface area contributed by atoms with Crippen LogP contribution in [0.4, 0.5) is 4.39 Å². The van der Waals surface area contributed by atoms with Gasteiger partial charge in [0.15, 0.2) is 11.5 Å². The Morgan fingerprint density at radius 2 is 2.39 bits per heavy atom. The maximum absolute atomic E-state index is 13.9. The number of halogens is 2. The summed E-state index contributed by atoms with van der Waals surface area (Å²) in [5.74, 6) is -0.957. The maximum Gasteiger partial charge on any atom is 0.273 e. The molecule has 0 bridgehead atoms. The first-order valence-corrected chi connectivity index (χ1v) is 7.79. The molecule has 6 nitrogen and oxygen atoms in total. The van der Waals surface area contributed by atoms with Gasteiger partial charge >= 0.3 is 0 Å². The second-order valence-corrected chi connectivity index (χ2v) is 5.71. The fraction of sp³-hybridized carbons (Fsp3) is 0.400. The Balaban J connectivity index is 1.61. The number of amides is 1. The third-order valence-electron chi connectivity index (χ3n) is 3.68. The van der Waals surface area contributed by atoms with Crippen LogP contribution in [0.5, 0.6) is 0 Å². The molecule has 0 aliphatic carbocycles. The van der Waals surface area contributed by atoms with Crippen molar-refractivity contribution in [2.45, 2.75) is 25.4 Å². The summed E-state index contributed by atoms with van der Waals surface area (Å²) >= 11 is 5.74. The van der Waals surface area contributed by atoms with Crippen LogP contribution in [-0.2, 0) is 4.74 Å². The zero-order valence-corrected chi connectivity index (χ0v) is 13.1. The molecule has 1 atom stereocenters. The molecule has 23 heavy (non-hydrogen) atoms. The van der Waals surface area contributed by atoms with Gasteiger partial charge in [-0.05, 0) is 31.4 Å². The molecule has 2 heterocycles. The molecule has 1 aromatic carbocycles. The van der Waals surface area contributed by atoms with Crippen LogP contribution >= 0.6 is 11.6 Å². The van der Waals surface area contributed by atoms with Gasteiger partial charge in [-0.1, -0.05) is 22.9 Å². The molecule has 0 unspecified atom stereocenters. The van der Waals surface area contributed by atoms with E-state index in [9.17, 15) is 9.18 Å². The molecule has 1 amide bonds. The molecule has 0 saturated carbocycles. The van der Waals surface area contributed by atoms with E-state index in [0.29, 0.717) is 6.54 Å². The molecule has 2 aromatic rings. The van der Waals surface area contributed by atoms with E-state index < -0.39 is 5.82 Å². The maximum atomic E-state index is 13.9. The minimum absolute atomic E-state index is 0.0134. The Hall–Kier alpha value is -1.99. The molecular formula is C15H16ClFN4O2. The fourth-order valence-corrected chi connectivity index (χ4v) is 2.63. The van der Waals surface area contributed by atoms with Gasteiger partial charge < -0.3 is 10.1 Å². The highest BCUT2D eigenvalue weighted by atomic mass is 35.5. The highest BCUT2D eigenvalue weighted by Crippen LogP contribution is 2.20. The van der Waals surface area contributed by atoms with Gasteiger partial charge in [0.05, 0.1) is 17.3 Å². The molecule has 122 valence electrons. The van der Waals surface area contributed by atoms with E-state index in [1.54, 1.807) is 6.07 Å². The van der Waals surface area contributed by atoms with Crippen molar-refractivity contribution in [3.05, 3.63) is 40.9 Å². The van der Waals surface area contributed by atoms with Crippen LogP contribution in [0.15, 0.2) is 24.4 Å². The van der Waals surface area contributed by atoms with Gasteiger partial charge in [-0.25, -0.2) is 9.07 Å². The van der Waals surface area contributed by atoms with E-state index in [-0.39, 0.29) is 28.4 Å². The van der Waals surface area contributed by atoms with Gasteiger partial charge in [0.25, 0.3) is 5.91 Å².